The lowest BCUT2D eigenvalue weighted by Gasteiger charge is -2.20. The van der Waals surface area contributed by atoms with Gasteiger partial charge < -0.3 is 10.2 Å². The summed E-state index contributed by atoms with van der Waals surface area (Å²) in [4.78, 5) is 2.15. The molecule has 0 saturated heterocycles. The van der Waals surface area contributed by atoms with Gasteiger partial charge in [-0.25, -0.2) is 4.39 Å². The lowest BCUT2D eigenvalue weighted by atomic mass is 10.2. The molecule has 0 amide bonds. The van der Waals surface area contributed by atoms with Crippen molar-refractivity contribution >= 4 is 15.9 Å². The van der Waals surface area contributed by atoms with Crippen LogP contribution in [0.1, 0.15) is 12.5 Å². The van der Waals surface area contributed by atoms with Crippen LogP contribution in [0, 0.1) is 5.82 Å². The van der Waals surface area contributed by atoms with Gasteiger partial charge in [0.25, 0.3) is 0 Å². The van der Waals surface area contributed by atoms with E-state index in [2.05, 4.69) is 33.1 Å². The van der Waals surface area contributed by atoms with Crippen LogP contribution in [0.2, 0.25) is 0 Å². The fraction of sp³-hybridized carbons (Fsp3) is 0.500. The number of hydrogen-bond acceptors (Lipinski definition) is 2. The molecule has 0 fully saturated rings. The van der Waals surface area contributed by atoms with E-state index in [1.165, 1.54) is 6.07 Å². The van der Waals surface area contributed by atoms with Crippen LogP contribution in [-0.4, -0.2) is 31.6 Å². The molecule has 0 aliphatic rings. The highest BCUT2D eigenvalue weighted by Gasteiger charge is 2.05. The quantitative estimate of drug-likeness (QED) is 0.896. The molecular weight excluding hydrogens is 271 g/mol. The molecule has 1 aromatic rings. The SMILES string of the molecule is CC(CNCc1cc(F)ccc1Br)N(C)C. The minimum Gasteiger partial charge on any atom is -0.311 e. The molecule has 16 heavy (non-hydrogen) atoms. The summed E-state index contributed by atoms with van der Waals surface area (Å²) in [6.07, 6.45) is 0. The minimum absolute atomic E-state index is 0.194. The van der Waals surface area contributed by atoms with E-state index in [-0.39, 0.29) is 5.82 Å². The van der Waals surface area contributed by atoms with Crippen molar-refractivity contribution in [1.82, 2.24) is 10.2 Å². The van der Waals surface area contributed by atoms with Crippen molar-refractivity contribution < 1.29 is 4.39 Å². The van der Waals surface area contributed by atoms with Gasteiger partial charge in [0, 0.05) is 23.6 Å². The second-order valence-corrected chi connectivity index (χ2v) is 5.03. The van der Waals surface area contributed by atoms with Crippen molar-refractivity contribution in [3.8, 4) is 0 Å². The van der Waals surface area contributed by atoms with E-state index in [1.54, 1.807) is 12.1 Å². The van der Waals surface area contributed by atoms with E-state index < -0.39 is 0 Å². The van der Waals surface area contributed by atoms with Gasteiger partial charge in [0.2, 0.25) is 0 Å². The predicted molar refractivity (Wildman–Crippen MR) is 69.0 cm³/mol. The number of hydrogen-bond donors (Lipinski definition) is 1. The summed E-state index contributed by atoms with van der Waals surface area (Å²) in [5.41, 5.74) is 0.950. The average Bonchev–Trinajstić information content (AvgIpc) is 2.22. The summed E-state index contributed by atoms with van der Waals surface area (Å²) in [6, 6.07) is 5.21. The maximum absolute atomic E-state index is 13.0. The Kier molecular flexibility index (Phi) is 5.38. The van der Waals surface area contributed by atoms with E-state index in [9.17, 15) is 4.39 Å². The third-order valence-electron chi connectivity index (χ3n) is 2.64. The third-order valence-corrected chi connectivity index (χ3v) is 3.42. The van der Waals surface area contributed by atoms with Gasteiger partial charge in [-0.3, -0.25) is 0 Å². The first-order valence-corrected chi connectivity index (χ1v) is 6.11. The number of nitrogens with zero attached hydrogens (tertiary/aromatic N) is 1. The first-order chi connectivity index (χ1) is 7.50. The molecule has 1 rings (SSSR count). The Morgan fingerprint density at radius 1 is 1.44 bits per heavy atom. The summed E-state index contributed by atoms with van der Waals surface area (Å²) >= 11 is 3.41. The first-order valence-electron chi connectivity index (χ1n) is 5.31. The Morgan fingerprint density at radius 2 is 2.12 bits per heavy atom. The topological polar surface area (TPSA) is 15.3 Å². The second-order valence-electron chi connectivity index (χ2n) is 4.18. The van der Waals surface area contributed by atoms with Crippen LogP contribution in [0.25, 0.3) is 0 Å². The number of halogens is 2. The monoisotopic (exact) mass is 288 g/mol. The molecule has 1 aromatic carbocycles. The number of rotatable bonds is 5. The molecule has 1 N–H and O–H groups in total. The normalized spacial score (nSPS) is 13.1. The van der Waals surface area contributed by atoms with Crippen LogP contribution in [0.5, 0.6) is 0 Å². The molecule has 0 aromatic heterocycles. The number of likely N-dealkylation sites (N-methyl/N-ethyl adjacent to an activating group) is 1. The summed E-state index contributed by atoms with van der Waals surface area (Å²) in [6.45, 7) is 3.71. The highest BCUT2D eigenvalue weighted by atomic mass is 79.9. The van der Waals surface area contributed by atoms with Crippen LogP contribution in [0.15, 0.2) is 22.7 Å². The molecule has 4 heteroatoms. The molecule has 1 atom stereocenters. The maximum atomic E-state index is 13.0. The standard InChI is InChI=1S/C12H18BrFN2/c1-9(16(2)3)7-15-8-10-6-11(14)4-5-12(10)13/h4-6,9,15H,7-8H2,1-3H3. The van der Waals surface area contributed by atoms with Crippen molar-refractivity contribution in [2.75, 3.05) is 20.6 Å². The molecule has 0 radical (unpaired) electrons. The van der Waals surface area contributed by atoms with Gasteiger partial charge in [0.1, 0.15) is 5.82 Å². The zero-order valence-corrected chi connectivity index (χ0v) is 11.5. The van der Waals surface area contributed by atoms with E-state index in [0.29, 0.717) is 12.6 Å². The Labute approximate surface area is 105 Å². The summed E-state index contributed by atoms with van der Waals surface area (Å²) < 4.78 is 13.9. The van der Waals surface area contributed by atoms with Crippen molar-refractivity contribution in [3.63, 3.8) is 0 Å². The number of benzene rings is 1. The van der Waals surface area contributed by atoms with Gasteiger partial charge in [-0.2, -0.15) is 0 Å². The molecule has 0 aliphatic heterocycles. The fourth-order valence-electron chi connectivity index (χ4n) is 1.28. The fourth-order valence-corrected chi connectivity index (χ4v) is 1.66. The van der Waals surface area contributed by atoms with Crippen LogP contribution in [0.4, 0.5) is 4.39 Å². The molecule has 1 unspecified atom stereocenters. The maximum Gasteiger partial charge on any atom is 0.123 e. The van der Waals surface area contributed by atoms with Gasteiger partial charge in [-0.1, -0.05) is 15.9 Å². The Balaban J connectivity index is 2.45. The van der Waals surface area contributed by atoms with E-state index >= 15 is 0 Å². The molecule has 0 heterocycles. The zero-order chi connectivity index (χ0) is 12.1. The lowest BCUT2D eigenvalue weighted by molar-refractivity contribution is 0.302. The van der Waals surface area contributed by atoms with E-state index in [4.69, 9.17) is 0 Å². The van der Waals surface area contributed by atoms with E-state index in [0.717, 1.165) is 16.6 Å². The van der Waals surface area contributed by atoms with Gasteiger partial charge in [-0.05, 0) is 44.8 Å². The molecule has 90 valence electrons. The molecule has 2 nitrogen and oxygen atoms in total. The zero-order valence-electron chi connectivity index (χ0n) is 9.93. The molecule has 0 spiro atoms. The Morgan fingerprint density at radius 3 is 2.75 bits per heavy atom. The number of nitrogens with one attached hydrogen (secondary N) is 1. The minimum atomic E-state index is -0.194. The van der Waals surface area contributed by atoms with Gasteiger partial charge in [0.15, 0.2) is 0 Å². The molecule has 0 bridgehead atoms. The average molecular weight is 289 g/mol. The second kappa shape index (κ2) is 6.33. The predicted octanol–water partition coefficient (Wildman–Crippen LogP) is 2.63. The van der Waals surface area contributed by atoms with Crippen LogP contribution in [0.3, 0.4) is 0 Å². The first kappa shape index (κ1) is 13.6. The van der Waals surface area contributed by atoms with Crippen molar-refractivity contribution in [1.29, 1.82) is 0 Å². The Hall–Kier alpha value is -0.450. The van der Waals surface area contributed by atoms with Crippen molar-refractivity contribution in [2.45, 2.75) is 19.5 Å². The van der Waals surface area contributed by atoms with E-state index in [1.807, 2.05) is 14.1 Å². The van der Waals surface area contributed by atoms with Crippen molar-refractivity contribution in [3.05, 3.63) is 34.1 Å². The summed E-state index contributed by atoms with van der Waals surface area (Å²) in [7, 11) is 4.09. The highest BCUT2D eigenvalue weighted by molar-refractivity contribution is 9.10. The van der Waals surface area contributed by atoms with Crippen LogP contribution in [-0.2, 0) is 6.54 Å². The summed E-state index contributed by atoms with van der Waals surface area (Å²) in [5.74, 6) is -0.194. The van der Waals surface area contributed by atoms with Crippen LogP contribution >= 0.6 is 15.9 Å². The highest BCUT2D eigenvalue weighted by Crippen LogP contribution is 2.17. The summed E-state index contributed by atoms with van der Waals surface area (Å²) in [5, 5.41) is 3.31. The largest absolute Gasteiger partial charge is 0.311 e. The molecular formula is C12H18BrFN2. The van der Waals surface area contributed by atoms with Gasteiger partial charge in [-0.15, -0.1) is 0 Å². The van der Waals surface area contributed by atoms with Gasteiger partial charge >= 0.3 is 0 Å². The van der Waals surface area contributed by atoms with Crippen LogP contribution < -0.4 is 5.32 Å². The Bertz CT molecular complexity index is 342. The smallest absolute Gasteiger partial charge is 0.123 e. The third kappa shape index (κ3) is 4.20. The lowest BCUT2D eigenvalue weighted by Crippen LogP contribution is -2.35. The van der Waals surface area contributed by atoms with Gasteiger partial charge in [0.05, 0.1) is 0 Å². The van der Waals surface area contributed by atoms with Crippen molar-refractivity contribution in [2.24, 2.45) is 0 Å². The molecule has 0 aliphatic carbocycles. The molecule has 0 saturated carbocycles.